The molecule has 1 unspecified atom stereocenters. The predicted octanol–water partition coefficient (Wildman–Crippen LogP) is 4.42. The lowest BCUT2D eigenvalue weighted by Crippen LogP contribution is -1.89. The highest BCUT2D eigenvalue weighted by Gasteiger charge is 1.97. The van der Waals surface area contributed by atoms with Crippen molar-refractivity contribution in [2.75, 3.05) is 7.05 Å². The molecule has 1 heteroatoms. The fourth-order valence-electron chi connectivity index (χ4n) is 1.73. The summed E-state index contributed by atoms with van der Waals surface area (Å²) in [6.45, 7) is 2.11. The van der Waals surface area contributed by atoms with Crippen molar-refractivity contribution >= 4 is 0 Å². The minimum atomic E-state index is 0.282. The summed E-state index contributed by atoms with van der Waals surface area (Å²) in [4.78, 5) is 0. The Morgan fingerprint density at radius 1 is 0.812 bits per heavy atom. The van der Waals surface area contributed by atoms with Crippen LogP contribution < -0.4 is 0 Å². The highest BCUT2D eigenvalue weighted by Crippen LogP contribution is 2.24. The van der Waals surface area contributed by atoms with Crippen LogP contribution in [0.5, 0.6) is 0 Å². The Bertz CT molecular complexity index is 431. The lowest BCUT2D eigenvalue weighted by atomic mass is 10.0. The third-order valence-electron chi connectivity index (χ3n) is 2.89. The predicted molar refractivity (Wildman–Crippen MR) is 69.6 cm³/mol. The van der Waals surface area contributed by atoms with Crippen molar-refractivity contribution in [1.82, 2.24) is 0 Å². The van der Waals surface area contributed by atoms with Crippen molar-refractivity contribution in [2.24, 2.45) is 0 Å². The molecular formula is C15H16N-. The summed E-state index contributed by atoms with van der Waals surface area (Å²) in [6.07, 6.45) is 0. The monoisotopic (exact) mass is 210 g/mol. The first-order valence-electron chi connectivity index (χ1n) is 5.55. The van der Waals surface area contributed by atoms with Crippen LogP contribution >= 0.6 is 0 Å². The lowest BCUT2D eigenvalue weighted by molar-refractivity contribution is 0.916. The smallest absolute Gasteiger partial charge is 0.0184 e. The van der Waals surface area contributed by atoms with Crippen molar-refractivity contribution < 1.29 is 0 Å². The van der Waals surface area contributed by atoms with Gasteiger partial charge >= 0.3 is 0 Å². The Balaban J connectivity index is 2.26. The largest absolute Gasteiger partial charge is 0.659 e. The maximum absolute atomic E-state index is 4.26. The summed E-state index contributed by atoms with van der Waals surface area (Å²) >= 11 is 0. The Hall–Kier alpha value is -1.60. The van der Waals surface area contributed by atoms with Crippen molar-refractivity contribution in [3.63, 3.8) is 0 Å². The Morgan fingerprint density at radius 2 is 1.38 bits per heavy atom. The minimum Gasteiger partial charge on any atom is -0.659 e. The molecule has 0 N–H and O–H groups in total. The summed E-state index contributed by atoms with van der Waals surface area (Å²) in [5, 5.41) is 4.26. The van der Waals surface area contributed by atoms with Gasteiger partial charge in [-0.2, -0.15) is 7.05 Å². The Morgan fingerprint density at radius 3 is 1.94 bits per heavy atom. The third kappa shape index (κ3) is 2.31. The molecule has 2 aromatic carbocycles. The van der Waals surface area contributed by atoms with E-state index in [0.29, 0.717) is 0 Å². The van der Waals surface area contributed by atoms with Crippen LogP contribution in [0.3, 0.4) is 0 Å². The summed E-state index contributed by atoms with van der Waals surface area (Å²) < 4.78 is 0. The van der Waals surface area contributed by atoms with Gasteiger partial charge in [0.25, 0.3) is 0 Å². The van der Waals surface area contributed by atoms with Gasteiger partial charge in [-0.3, -0.25) is 0 Å². The third-order valence-corrected chi connectivity index (χ3v) is 2.89. The molecular weight excluding hydrogens is 194 g/mol. The Labute approximate surface area is 97.1 Å². The zero-order valence-electron chi connectivity index (χ0n) is 9.72. The van der Waals surface area contributed by atoms with Crippen LogP contribution in [-0.2, 0) is 0 Å². The van der Waals surface area contributed by atoms with Gasteiger partial charge in [-0.15, -0.1) is 6.04 Å². The first kappa shape index (κ1) is 10.9. The quantitative estimate of drug-likeness (QED) is 0.712. The summed E-state index contributed by atoms with van der Waals surface area (Å²) in [6, 6.07) is 19.3. The van der Waals surface area contributed by atoms with E-state index in [1.807, 2.05) is 13.1 Å². The van der Waals surface area contributed by atoms with E-state index < -0.39 is 0 Å². The van der Waals surface area contributed by atoms with Crippen molar-refractivity contribution in [1.29, 1.82) is 0 Å². The molecule has 0 aliphatic carbocycles. The molecule has 0 radical (unpaired) electrons. The molecule has 16 heavy (non-hydrogen) atoms. The molecule has 0 saturated carbocycles. The highest BCUT2D eigenvalue weighted by molar-refractivity contribution is 5.63. The van der Waals surface area contributed by atoms with Gasteiger partial charge in [0.15, 0.2) is 0 Å². The first-order chi connectivity index (χ1) is 7.81. The number of nitrogens with zero attached hydrogens (tertiary/aromatic N) is 1. The highest BCUT2D eigenvalue weighted by atomic mass is 14.8. The van der Waals surface area contributed by atoms with E-state index in [9.17, 15) is 0 Å². The zero-order chi connectivity index (χ0) is 11.4. The van der Waals surface area contributed by atoms with Crippen molar-refractivity contribution in [3.8, 4) is 11.1 Å². The molecule has 0 spiro atoms. The van der Waals surface area contributed by atoms with E-state index in [4.69, 9.17) is 0 Å². The topological polar surface area (TPSA) is 14.1 Å². The van der Waals surface area contributed by atoms with Crippen LogP contribution in [-0.4, -0.2) is 7.05 Å². The number of hydrogen-bond donors (Lipinski definition) is 0. The number of hydrogen-bond acceptors (Lipinski definition) is 0. The van der Waals surface area contributed by atoms with Gasteiger partial charge in [0, 0.05) is 0 Å². The standard InChI is InChI=1S/C15H16N/c1-12(16-2)13-8-10-15(11-9-13)14-6-4-3-5-7-14/h3-12H,1-2H3/q-1. The van der Waals surface area contributed by atoms with Crippen LogP contribution in [0.1, 0.15) is 18.5 Å². The molecule has 1 atom stereocenters. The van der Waals surface area contributed by atoms with Gasteiger partial charge in [-0.1, -0.05) is 67.1 Å². The lowest BCUT2D eigenvalue weighted by Gasteiger charge is -2.23. The molecule has 0 aromatic heterocycles. The van der Waals surface area contributed by atoms with Gasteiger partial charge < -0.3 is 5.32 Å². The zero-order valence-corrected chi connectivity index (χ0v) is 9.72. The molecule has 2 rings (SSSR count). The normalized spacial score (nSPS) is 12.4. The number of benzene rings is 2. The molecule has 82 valence electrons. The number of rotatable bonds is 3. The second-order valence-corrected chi connectivity index (χ2v) is 3.92. The molecule has 0 aliphatic rings. The van der Waals surface area contributed by atoms with Crippen LogP contribution in [0.25, 0.3) is 16.4 Å². The molecule has 0 aliphatic heterocycles. The van der Waals surface area contributed by atoms with Crippen LogP contribution in [0, 0.1) is 0 Å². The fraction of sp³-hybridized carbons (Fsp3) is 0.200. The van der Waals surface area contributed by atoms with Crippen LogP contribution in [0.15, 0.2) is 54.6 Å². The van der Waals surface area contributed by atoms with E-state index in [1.54, 1.807) is 0 Å². The fourth-order valence-corrected chi connectivity index (χ4v) is 1.73. The summed E-state index contributed by atoms with van der Waals surface area (Å²) in [5.41, 5.74) is 3.78. The molecule has 0 amide bonds. The molecule has 1 nitrogen and oxygen atoms in total. The van der Waals surface area contributed by atoms with Crippen LogP contribution in [0.2, 0.25) is 0 Å². The van der Waals surface area contributed by atoms with E-state index >= 15 is 0 Å². The Kier molecular flexibility index (Phi) is 3.37. The summed E-state index contributed by atoms with van der Waals surface area (Å²) in [5.74, 6) is 0. The maximum Gasteiger partial charge on any atom is -0.0184 e. The first-order valence-corrected chi connectivity index (χ1v) is 5.55. The molecule has 2 aromatic rings. The molecule has 0 bridgehead atoms. The molecule has 0 saturated heterocycles. The van der Waals surface area contributed by atoms with E-state index in [-0.39, 0.29) is 6.04 Å². The van der Waals surface area contributed by atoms with Crippen LogP contribution in [0.4, 0.5) is 0 Å². The SMILES string of the molecule is C[N-]C(C)c1ccc(-c2ccccc2)cc1. The molecule has 0 fully saturated rings. The van der Waals surface area contributed by atoms with Gasteiger partial charge in [0.05, 0.1) is 0 Å². The van der Waals surface area contributed by atoms with Crippen molar-refractivity contribution in [2.45, 2.75) is 13.0 Å². The van der Waals surface area contributed by atoms with E-state index in [2.05, 4.69) is 60.8 Å². The van der Waals surface area contributed by atoms with Gasteiger partial charge in [-0.05, 0) is 11.1 Å². The van der Waals surface area contributed by atoms with E-state index in [1.165, 1.54) is 16.7 Å². The van der Waals surface area contributed by atoms with Gasteiger partial charge in [0.1, 0.15) is 0 Å². The van der Waals surface area contributed by atoms with Crippen molar-refractivity contribution in [3.05, 3.63) is 65.5 Å². The second kappa shape index (κ2) is 4.95. The van der Waals surface area contributed by atoms with E-state index in [0.717, 1.165) is 0 Å². The average molecular weight is 210 g/mol. The van der Waals surface area contributed by atoms with Gasteiger partial charge in [-0.25, -0.2) is 0 Å². The minimum absolute atomic E-state index is 0.282. The van der Waals surface area contributed by atoms with Gasteiger partial charge in [0.2, 0.25) is 0 Å². The second-order valence-electron chi connectivity index (χ2n) is 3.92. The molecule has 0 heterocycles. The maximum atomic E-state index is 4.26. The summed E-state index contributed by atoms with van der Waals surface area (Å²) in [7, 11) is 1.86. The average Bonchev–Trinajstić information content (AvgIpc) is 2.39.